The molecule has 2 fully saturated rings. The maximum absolute atomic E-state index is 13.1. The highest BCUT2D eigenvalue weighted by atomic mass is 35.5. The minimum atomic E-state index is -0.999. The van der Waals surface area contributed by atoms with Crippen molar-refractivity contribution in [2.24, 2.45) is 0 Å². The quantitative estimate of drug-likeness (QED) is 0.0782. The number of nitriles is 1. The van der Waals surface area contributed by atoms with Crippen LogP contribution in [0.25, 0.3) is 11.3 Å². The van der Waals surface area contributed by atoms with Crippen molar-refractivity contribution < 1.29 is 29.0 Å². The van der Waals surface area contributed by atoms with Crippen LogP contribution >= 0.6 is 11.6 Å². The van der Waals surface area contributed by atoms with E-state index >= 15 is 0 Å². The molecule has 3 aliphatic heterocycles. The number of ether oxygens (including phenoxy) is 1. The molecule has 4 amide bonds. The number of aromatic amines is 1. The zero-order valence-electron chi connectivity index (χ0n) is 30.9. The summed E-state index contributed by atoms with van der Waals surface area (Å²) in [6.07, 6.45) is 2.85. The molecule has 5 heterocycles. The number of piperazine rings is 1. The van der Waals surface area contributed by atoms with E-state index in [1.165, 1.54) is 0 Å². The number of hydrogen-bond donors (Lipinski definition) is 4. The molecule has 17 heteroatoms. The second kappa shape index (κ2) is 17.1. The summed E-state index contributed by atoms with van der Waals surface area (Å²) in [6, 6.07) is 14.7. The SMILES string of the molecule is C[C@H](Cn1ccc(-c2ccc(C#N)c(Cl)c2)n1)NC(O)c1cc(CN2CCN(CCCCOc3ccc4c(c3)C(=O)N(C3CCC(=O)NC3=O)C4=O)CC2)[nH]n1. The van der Waals surface area contributed by atoms with Gasteiger partial charge in [0, 0.05) is 62.6 Å². The highest BCUT2D eigenvalue weighted by Gasteiger charge is 2.44. The second-order valence-corrected chi connectivity index (χ2v) is 14.8. The summed E-state index contributed by atoms with van der Waals surface area (Å²) in [5.41, 5.74) is 3.86. The summed E-state index contributed by atoms with van der Waals surface area (Å²) in [7, 11) is 0. The maximum Gasteiger partial charge on any atom is 0.262 e. The van der Waals surface area contributed by atoms with Crippen molar-refractivity contribution in [2.75, 3.05) is 39.3 Å². The number of unbranched alkanes of at least 4 members (excludes halogenated alkanes) is 1. The van der Waals surface area contributed by atoms with Crippen LogP contribution in [0.1, 0.15) is 76.5 Å². The fourth-order valence-corrected chi connectivity index (χ4v) is 7.47. The lowest BCUT2D eigenvalue weighted by atomic mass is 10.0. The number of aromatic nitrogens is 4. The van der Waals surface area contributed by atoms with Crippen molar-refractivity contribution >= 4 is 35.2 Å². The average molecular weight is 783 g/mol. The Hall–Kier alpha value is -5.44. The van der Waals surface area contributed by atoms with E-state index < -0.39 is 35.9 Å². The van der Waals surface area contributed by atoms with Crippen molar-refractivity contribution in [1.29, 1.82) is 5.26 Å². The molecule has 3 atom stereocenters. The van der Waals surface area contributed by atoms with Gasteiger partial charge in [-0.3, -0.25) is 49.4 Å². The number of aliphatic hydroxyl groups excluding tert-OH is 1. The number of rotatable bonds is 15. The van der Waals surface area contributed by atoms with Crippen LogP contribution < -0.4 is 15.4 Å². The van der Waals surface area contributed by atoms with Gasteiger partial charge in [0.25, 0.3) is 11.8 Å². The number of aliphatic hydroxyl groups is 1. The van der Waals surface area contributed by atoms with E-state index in [1.807, 2.05) is 31.3 Å². The number of H-pyrrole nitrogens is 1. The lowest BCUT2D eigenvalue weighted by Gasteiger charge is -2.34. The molecular weight excluding hydrogens is 740 g/mol. The fraction of sp³-hybridized carbons (Fsp3) is 0.410. The van der Waals surface area contributed by atoms with Gasteiger partial charge in [0.05, 0.1) is 40.6 Å². The fourth-order valence-electron chi connectivity index (χ4n) is 7.25. The third-order valence-electron chi connectivity index (χ3n) is 10.3. The van der Waals surface area contributed by atoms with Crippen LogP contribution in [0.5, 0.6) is 5.75 Å². The molecule has 16 nitrogen and oxygen atoms in total. The zero-order valence-corrected chi connectivity index (χ0v) is 31.7. The molecule has 2 aromatic heterocycles. The lowest BCUT2D eigenvalue weighted by Crippen LogP contribution is -2.54. The Kier molecular flexibility index (Phi) is 11.9. The number of piperidine rings is 1. The summed E-state index contributed by atoms with van der Waals surface area (Å²) in [5, 5.41) is 37.8. The summed E-state index contributed by atoms with van der Waals surface area (Å²) < 4.78 is 7.71. The average Bonchev–Trinajstić information content (AvgIpc) is 3.91. The maximum atomic E-state index is 13.1. The summed E-state index contributed by atoms with van der Waals surface area (Å²) >= 11 is 6.19. The van der Waals surface area contributed by atoms with Crippen LogP contribution in [0.3, 0.4) is 0 Å². The van der Waals surface area contributed by atoms with E-state index in [0.717, 1.165) is 67.4 Å². The van der Waals surface area contributed by atoms with Crippen molar-refractivity contribution in [3.63, 3.8) is 0 Å². The van der Waals surface area contributed by atoms with E-state index in [-0.39, 0.29) is 30.0 Å². The highest BCUT2D eigenvalue weighted by Crippen LogP contribution is 2.30. The molecule has 0 saturated carbocycles. The van der Waals surface area contributed by atoms with Gasteiger partial charge in [0.1, 0.15) is 29.8 Å². The Balaban J connectivity index is 0.788. The van der Waals surface area contributed by atoms with Gasteiger partial charge < -0.3 is 14.7 Å². The van der Waals surface area contributed by atoms with E-state index in [2.05, 4.69) is 41.8 Å². The smallest absolute Gasteiger partial charge is 0.262 e. The summed E-state index contributed by atoms with van der Waals surface area (Å²) in [6.45, 7) is 8.25. The molecule has 7 rings (SSSR count). The Morgan fingerprint density at radius 1 is 1.02 bits per heavy atom. The Morgan fingerprint density at radius 2 is 1.80 bits per heavy atom. The normalized spacial score (nSPS) is 18.8. The number of benzene rings is 2. The molecule has 0 aliphatic carbocycles. The highest BCUT2D eigenvalue weighted by molar-refractivity contribution is 6.32. The Bertz CT molecular complexity index is 2150. The third-order valence-corrected chi connectivity index (χ3v) is 10.6. The Labute approximate surface area is 328 Å². The van der Waals surface area contributed by atoms with Gasteiger partial charge in [0.2, 0.25) is 11.8 Å². The number of fused-ring (bicyclic) bond motifs is 1. The van der Waals surface area contributed by atoms with E-state index in [9.17, 15) is 24.3 Å². The molecule has 4 N–H and O–H groups in total. The van der Waals surface area contributed by atoms with Crippen LogP contribution in [0.15, 0.2) is 54.7 Å². The molecular formula is C39H43ClN10O6. The van der Waals surface area contributed by atoms with E-state index in [4.69, 9.17) is 21.6 Å². The van der Waals surface area contributed by atoms with Gasteiger partial charge in [-0.15, -0.1) is 0 Å². The van der Waals surface area contributed by atoms with Crippen molar-refractivity contribution in [2.45, 2.75) is 64.0 Å². The first kappa shape index (κ1) is 38.8. The van der Waals surface area contributed by atoms with Gasteiger partial charge in [-0.2, -0.15) is 15.5 Å². The standard InChI is InChI=1S/C39H43ClN10O6/c1-24(22-49-12-10-32(46-49)25-4-5-26(21-41)31(40)18-25)42-36(52)33-19-27(44-45-33)23-48-15-13-47(14-16-48)11-2-3-17-56-28-6-7-29-30(20-28)39(55)50(38(29)54)34-8-9-35(51)43-37(34)53/h4-7,10,12,18-20,24,34,36,42,52H,2-3,8-9,11,13-17,22-23H2,1H3,(H,44,45)(H,43,51,53)/t24-,34?,36?/m1/s1. The lowest BCUT2D eigenvalue weighted by molar-refractivity contribution is -0.136. The predicted octanol–water partition coefficient (Wildman–Crippen LogP) is 2.85. The number of carbonyl (C=O) groups excluding carboxylic acids is 4. The molecule has 0 radical (unpaired) electrons. The summed E-state index contributed by atoms with van der Waals surface area (Å²) in [4.78, 5) is 55.6. The van der Waals surface area contributed by atoms with Crippen LogP contribution in [0, 0.1) is 11.3 Å². The largest absolute Gasteiger partial charge is 0.494 e. The van der Waals surface area contributed by atoms with Crippen LogP contribution in [-0.4, -0.2) is 115 Å². The van der Waals surface area contributed by atoms with Crippen molar-refractivity contribution in [1.82, 2.24) is 45.3 Å². The topological polar surface area (TPSA) is 202 Å². The predicted molar refractivity (Wildman–Crippen MR) is 203 cm³/mol. The Morgan fingerprint density at radius 3 is 2.57 bits per heavy atom. The molecule has 3 aliphatic rings. The van der Waals surface area contributed by atoms with Gasteiger partial charge >= 0.3 is 0 Å². The third kappa shape index (κ3) is 8.83. The zero-order chi connectivity index (χ0) is 39.3. The molecule has 2 unspecified atom stereocenters. The van der Waals surface area contributed by atoms with Gasteiger partial charge in [0.15, 0.2) is 0 Å². The molecule has 56 heavy (non-hydrogen) atoms. The first-order valence-electron chi connectivity index (χ1n) is 18.7. The number of halogens is 1. The van der Waals surface area contributed by atoms with Gasteiger partial charge in [-0.25, -0.2) is 0 Å². The molecule has 0 spiro atoms. The van der Waals surface area contributed by atoms with E-state index in [0.29, 0.717) is 41.7 Å². The number of amides is 4. The number of carbonyl (C=O) groups is 4. The monoisotopic (exact) mass is 782 g/mol. The molecule has 0 bridgehead atoms. The van der Waals surface area contributed by atoms with E-state index in [1.54, 1.807) is 35.0 Å². The molecule has 4 aromatic rings. The number of nitrogens with one attached hydrogen (secondary N) is 3. The van der Waals surface area contributed by atoms with Crippen molar-refractivity contribution in [3.8, 4) is 23.1 Å². The summed E-state index contributed by atoms with van der Waals surface area (Å²) in [5.74, 6) is -1.65. The van der Waals surface area contributed by atoms with Crippen LogP contribution in [-0.2, 0) is 22.7 Å². The number of hydrogen-bond acceptors (Lipinski definition) is 12. The molecule has 292 valence electrons. The first-order chi connectivity index (χ1) is 27.1. The van der Waals surface area contributed by atoms with Crippen LogP contribution in [0.4, 0.5) is 0 Å². The molecule has 2 saturated heterocycles. The second-order valence-electron chi connectivity index (χ2n) is 14.3. The van der Waals surface area contributed by atoms with Crippen molar-refractivity contribution in [3.05, 3.63) is 87.8 Å². The molecule has 2 aromatic carbocycles. The minimum absolute atomic E-state index is 0.0726. The minimum Gasteiger partial charge on any atom is -0.494 e. The number of imide groups is 2. The van der Waals surface area contributed by atoms with Crippen LogP contribution in [0.2, 0.25) is 5.02 Å². The van der Waals surface area contributed by atoms with Gasteiger partial charge in [-0.1, -0.05) is 17.7 Å². The number of nitrogens with zero attached hydrogens (tertiary/aromatic N) is 7. The first-order valence-corrected chi connectivity index (χ1v) is 19.1. The van der Waals surface area contributed by atoms with Gasteiger partial charge in [-0.05, 0) is 75.2 Å².